The summed E-state index contributed by atoms with van der Waals surface area (Å²) in [4.78, 5) is 13.2. The number of hydrogen-bond donors (Lipinski definition) is 1. The summed E-state index contributed by atoms with van der Waals surface area (Å²) in [6, 6.07) is 9.06. The molecule has 0 atom stereocenters. The Balaban J connectivity index is 2.37. The number of nitrogens with two attached hydrogens (primary N) is 1. The van der Waals surface area contributed by atoms with E-state index in [-0.39, 0.29) is 5.91 Å². The normalized spacial score (nSPS) is 10.2. The molecule has 1 amide bonds. The number of anilines is 1. The highest BCUT2D eigenvalue weighted by atomic mass is 16.2. The number of nitrogens with zero attached hydrogens (tertiary/aromatic N) is 3. The molecule has 5 nitrogen and oxygen atoms in total. The number of nitrogen functional groups attached to an aromatic ring is 1. The Bertz CT molecular complexity index is 545. The second-order valence-electron chi connectivity index (χ2n) is 3.90. The molecule has 88 valence electrons. The van der Waals surface area contributed by atoms with Crippen molar-refractivity contribution < 1.29 is 4.79 Å². The van der Waals surface area contributed by atoms with Crippen LogP contribution in [0.2, 0.25) is 0 Å². The Morgan fingerprint density at radius 3 is 2.65 bits per heavy atom. The van der Waals surface area contributed by atoms with Crippen LogP contribution in [0.3, 0.4) is 0 Å². The predicted molar refractivity (Wildman–Crippen MR) is 66.0 cm³/mol. The van der Waals surface area contributed by atoms with Crippen LogP contribution < -0.4 is 5.73 Å². The first-order chi connectivity index (χ1) is 8.09. The van der Waals surface area contributed by atoms with Crippen LogP contribution in [0.25, 0.3) is 5.69 Å². The van der Waals surface area contributed by atoms with Crippen molar-refractivity contribution in [1.82, 2.24) is 14.7 Å². The summed E-state index contributed by atoms with van der Waals surface area (Å²) in [5.74, 6) is -0.127. The Morgan fingerprint density at radius 2 is 2.00 bits per heavy atom. The molecule has 1 heterocycles. The summed E-state index contributed by atoms with van der Waals surface area (Å²) in [5.41, 5.74) is 7.64. The van der Waals surface area contributed by atoms with E-state index in [2.05, 4.69) is 5.10 Å². The van der Waals surface area contributed by atoms with Crippen molar-refractivity contribution >= 4 is 11.6 Å². The molecule has 2 aromatic rings. The van der Waals surface area contributed by atoms with Gasteiger partial charge in [-0.3, -0.25) is 4.79 Å². The van der Waals surface area contributed by atoms with Crippen molar-refractivity contribution in [3.8, 4) is 5.69 Å². The average Bonchev–Trinajstić information content (AvgIpc) is 2.77. The lowest BCUT2D eigenvalue weighted by atomic mass is 10.3. The minimum absolute atomic E-state index is 0.127. The third-order valence-electron chi connectivity index (χ3n) is 2.40. The first-order valence-electron chi connectivity index (χ1n) is 5.22. The molecule has 0 aliphatic rings. The molecule has 1 aromatic carbocycles. The Hall–Kier alpha value is -2.30. The standard InChI is InChI=1S/C12H14N4O/c1-15(2)12(17)10-7-8-16(14-10)11-6-4-3-5-9(11)13/h3-8H,13H2,1-2H3. The molecule has 0 saturated carbocycles. The van der Waals surface area contributed by atoms with Gasteiger partial charge in [0.1, 0.15) is 0 Å². The number of carbonyl (C=O) groups excluding carboxylic acids is 1. The molecule has 0 saturated heterocycles. The number of amides is 1. The maximum absolute atomic E-state index is 11.7. The largest absolute Gasteiger partial charge is 0.397 e. The highest BCUT2D eigenvalue weighted by Crippen LogP contribution is 2.15. The summed E-state index contributed by atoms with van der Waals surface area (Å²) in [5, 5.41) is 4.21. The maximum Gasteiger partial charge on any atom is 0.273 e. The van der Waals surface area contributed by atoms with Crippen LogP contribution in [0.5, 0.6) is 0 Å². The minimum Gasteiger partial charge on any atom is -0.397 e. The van der Waals surface area contributed by atoms with Crippen LogP contribution in [0.15, 0.2) is 36.5 Å². The molecule has 5 heteroatoms. The Kier molecular flexibility index (Phi) is 2.82. The van der Waals surface area contributed by atoms with E-state index in [1.807, 2.05) is 18.2 Å². The smallest absolute Gasteiger partial charge is 0.273 e. The highest BCUT2D eigenvalue weighted by Gasteiger charge is 2.12. The van der Waals surface area contributed by atoms with E-state index in [1.54, 1.807) is 37.1 Å². The number of para-hydroxylation sites is 2. The molecule has 17 heavy (non-hydrogen) atoms. The summed E-state index contributed by atoms with van der Waals surface area (Å²) >= 11 is 0. The van der Waals surface area contributed by atoms with E-state index in [4.69, 9.17) is 5.73 Å². The number of aromatic nitrogens is 2. The zero-order valence-corrected chi connectivity index (χ0v) is 9.79. The molecule has 0 aliphatic carbocycles. The summed E-state index contributed by atoms with van der Waals surface area (Å²) in [6.07, 6.45) is 1.72. The maximum atomic E-state index is 11.7. The van der Waals surface area contributed by atoms with Crippen LogP contribution in [0, 0.1) is 0 Å². The second-order valence-corrected chi connectivity index (χ2v) is 3.90. The summed E-state index contributed by atoms with van der Waals surface area (Å²) in [7, 11) is 3.39. The third-order valence-corrected chi connectivity index (χ3v) is 2.40. The Morgan fingerprint density at radius 1 is 1.29 bits per heavy atom. The lowest BCUT2D eigenvalue weighted by Gasteiger charge is -2.07. The fourth-order valence-corrected chi connectivity index (χ4v) is 1.50. The number of carbonyl (C=O) groups is 1. The van der Waals surface area contributed by atoms with E-state index in [1.165, 1.54) is 4.90 Å². The van der Waals surface area contributed by atoms with Crippen molar-refractivity contribution in [1.29, 1.82) is 0 Å². The molecular formula is C12H14N4O. The fraction of sp³-hybridized carbons (Fsp3) is 0.167. The van der Waals surface area contributed by atoms with E-state index in [9.17, 15) is 4.79 Å². The molecule has 0 fully saturated rings. The van der Waals surface area contributed by atoms with Gasteiger partial charge < -0.3 is 10.6 Å². The highest BCUT2D eigenvalue weighted by molar-refractivity contribution is 5.91. The van der Waals surface area contributed by atoms with E-state index in [0.29, 0.717) is 11.4 Å². The molecule has 2 rings (SSSR count). The van der Waals surface area contributed by atoms with Crippen LogP contribution >= 0.6 is 0 Å². The van der Waals surface area contributed by atoms with E-state index in [0.717, 1.165) is 5.69 Å². The average molecular weight is 230 g/mol. The van der Waals surface area contributed by atoms with Crippen molar-refractivity contribution in [3.05, 3.63) is 42.2 Å². The van der Waals surface area contributed by atoms with Gasteiger partial charge in [-0.25, -0.2) is 4.68 Å². The lowest BCUT2D eigenvalue weighted by Crippen LogP contribution is -2.22. The molecular weight excluding hydrogens is 216 g/mol. The molecule has 2 N–H and O–H groups in total. The Labute approximate surface area is 99.5 Å². The van der Waals surface area contributed by atoms with Gasteiger partial charge in [0.05, 0.1) is 11.4 Å². The third kappa shape index (κ3) is 2.13. The van der Waals surface area contributed by atoms with Gasteiger partial charge in [0.2, 0.25) is 0 Å². The molecule has 0 unspecified atom stereocenters. The van der Waals surface area contributed by atoms with Crippen molar-refractivity contribution in [2.24, 2.45) is 0 Å². The van der Waals surface area contributed by atoms with E-state index >= 15 is 0 Å². The van der Waals surface area contributed by atoms with Gasteiger partial charge in [0.25, 0.3) is 5.91 Å². The van der Waals surface area contributed by atoms with Crippen LogP contribution in [-0.2, 0) is 0 Å². The summed E-state index contributed by atoms with van der Waals surface area (Å²) < 4.78 is 1.60. The van der Waals surface area contributed by atoms with Crippen molar-refractivity contribution in [3.63, 3.8) is 0 Å². The van der Waals surface area contributed by atoms with Crippen molar-refractivity contribution in [2.45, 2.75) is 0 Å². The van der Waals surface area contributed by atoms with Gasteiger partial charge in [0.15, 0.2) is 5.69 Å². The summed E-state index contributed by atoms with van der Waals surface area (Å²) in [6.45, 7) is 0. The van der Waals surface area contributed by atoms with Gasteiger partial charge in [-0.2, -0.15) is 5.10 Å². The monoisotopic (exact) mass is 230 g/mol. The minimum atomic E-state index is -0.127. The number of rotatable bonds is 2. The van der Waals surface area contributed by atoms with Gasteiger partial charge in [-0.05, 0) is 18.2 Å². The topological polar surface area (TPSA) is 64.2 Å². The molecule has 1 aromatic heterocycles. The first kappa shape index (κ1) is 11.2. The zero-order chi connectivity index (χ0) is 12.4. The number of benzene rings is 1. The zero-order valence-electron chi connectivity index (χ0n) is 9.79. The van der Waals surface area contributed by atoms with Crippen molar-refractivity contribution in [2.75, 3.05) is 19.8 Å². The van der Waals surface area contributed by atoms with Gasteiger partial charge in [-0.15, -0.1) is 0 Å². The quantitative estimate of drug-likeness (QED) is 0.787. The fourth-order valence-electron chi connectivity index (χ4n) is 1.50. The molecule has 0 spiro atoms. The first-order valence-corrected chi connectivity index (χ1v) is 5.22. The van der Waals surface area contributed by atoms with Crippen LogP contribution in [0.1, 0.15) is 10.5 Å². The van der Waals surface area contributed by atoms with E-state index < -0.39 is 0 Å². The lowest BCUT2D eigenvalue weighted by molar-refractivity contribution is 0.0821. The molecule has 0 aliphatic heterocycles. The number of hydrogen-bond acceptors (Lipinski definition) is 3. The second kappa shape index (κ2) is 4.29. The molecule has 0 bridgehead atoms. The molecule has 0 radical (unpaired) electrons. The van der Waals surface area contributed by atoms with Gasteiger partial charge in [-0.1, -0.05) is 12.1 Å². The van der Waals surface area contributed by atoms with Gasteiger partial charge >= 0.3 is 0 Å². The van der Waals surface area contributed by atoms with Crippen LogP contribution in [0.4, 0.5) is 5.69 Å². The SMILES string of the molecule is CN(C)C(=O)c1ccn(-c2ccccc2N)n1. The van der Waals surface area contributed by atoms with Gasteiger partial charge in [0, 0.05) is 20.3 Å². The van der Waals surface area contributed by atoms with Crippen LogP contribution in [-0.4, -0.2) is 34.7 Å². The predicted octanol–water partition coefficient (Wildman–Crippen LogP) is 1.16.